The number of aliphatic carboxylic acids is 1. The molecule has 0 radical (unpaired) electrons. The van der Waals surface area contributed by atoms with E-state index in [9.17, 15) is 9.90 Å². The van der Waals surface area contributed by atoms with Crippen molar-refractivity contribution in [3.8, 4) is 17.0 Å². The van der Waals surface area contributed by atoms with Crippen LogP contribution in [-0.2, 0) is 22.6 Å². The van der Waals surface area contributed by atoms with Crippen LogP contribution in [0.25, 0.3) is 11.1 Å². The summed E-state index contributed by atoms with van der Waals surface area (Å²) in [6.07, 6.45) is 4.65. The Hall–Kier alpha value is -3.52. The first-order valence-electron chi connectivity index (χ1n) is 13.0. The standard InChI is InChI=1S/C30H36FN3O4/c1-20(18-37-19-22-8-6-5-7-9-22)38-29-26(31)14-23(16-33-29)25-17-32-21(2)24(15-27(35)36)28(25)34-12-10-30(3,4)11-13-34/h5-9,14,16-17,20H,10-13,15,18-19H2,1-4H3,(H,35,36). The molecule has 7 nitrogen and oxygen atoms in total. The van der Waals surface area contributed by atoms with E-state index in [0.29, 0.717) is 29.0 Å². The average molecular weight is 522 g/mol. The van der Waals surface area contributed by atoms with Crippen molar-refractivity contribution in [1.82, 2.24) is 9.97 Å². The zero-order valence-electron chi connectivity index (χ0n) is 22.5. The number of carboxylic acids is 1. The molecule has 0 aliphatic carbocycles. The Labute approximate surface area is 223 Å². The van der Waals surface area contributed by atoms with Gasteiger partial charge in [-0.05, 0) is 43.7 Å². The number of carboxylic acid groups (broad SMARTS) is 1. The van der Waals surface area contributed by atoms with Crippen LogP contribution >= 0.6 is 0 Å². The lowest BCUT2D eigenvalue weighted by Gasteiger charge is -2.40. The third-order valence-electron chi connectivity index (χ3n) is 7.02. The van der Waals surface area contributed by atoms with Crippen LogP contribution < -0.4 is 9.64 Å². The Balaban J connectivity index is 1.55. The molecule has 0 saturated carbocycles. The van der Waals surface area contributed by atoms with Crippen LogP contribution in [0.1, 0.15) is 50.4 Å². The van der Waals surface area contributed by atoms with Crippen LogP contribution in [0.15, 0.2) is 48.8 Å². The predicted molar refractivity (Wildman–Crippen MR) is 145 cm³/mol. The summed E-state index contributed by atoms with van der Waals surface area (Å²) >= 11 is 0. The molecule has 1 aliphatic heterocycles. The Morgan fingerprint density at radius 2 is 1.87 bits per heavy atom. The Morgan fingerprint density at radius 3 is 2.53 bits per heavy atom. The summed E-state index contributed by atoms with van der Waals surface area (Å²) in [5.41, 5.74) is 4.59. The summed E-state index contributed by atoms with van der Waals surface area (Å²) in [7, 11) is 0. The lowest BCUT2D eigenvalue weighted by Crippen LogP contribution is -2.38. The molecule has 1 aliphatic rings. The largest absolute Gasteiger partial charge is 0.481 e. The van der Waals surface area contributed by atoms with Gasteiger partial charge in [-0.15, -0.1) is 0 Å². The van der Waals surface area contributed by atoms with Crippen molar-refractivity contribution < 1.29 is 23.8 Å². The summed E-state index contributed by atoms with van der Waals surface area (Å²) in [6.45, 7) is 10.4. The Kier molecular flexibility index (Phi) is 8.62. The highest BCUT2D eigenvalue weighted by Gasteiger charge is 2.29. The van der Waals surface area contributed by atoms with Crippen molar-refractivity contribution >= 4 is 11.7 Å². The molecule has 38 heavy (non-hydrogen) atoms. The molecule has 1 fully saturated rings. The normalized spacial score (nSPS) is 15.8. The Morgan fingerprint density at radius 1 is 1.16 bits per heavy atom. The summed E-state index contributed by atoms with van der Waals surface area (Å²) < 4.78 is 26.6. The van der Waals surface area contributed by atoms with Crippen molar-refractivity contribution in [2.75, 3.05) is 24.6 Å². The molecular formula is C30H36FN3O4. The maximum Gasteiger partial charge on any atom is 0.307 e. The molecule has 4 rings (SSSR count). The molecular weight excluding hydrogens is 485 g/mol. The van der Waals surface area contributed by atoms with Crippen molar-refractivity contribution in [1.29, 1.82) is 0 Å². The topological polar surface area (TPSA) is 84.8 Å². The van der Waals surface area contributed by atoms with Gasteiger partial charge < -0.3 is 19.5 Å². The number of halogens is 1. The molecule has 0 amide bonds. The molecule has 202 valence electrons. The summed E-state index contributed by atoms with van der Waals surface area (Å²) in [5, 5.41) is 9.60. The molecule has 8 heteroatoms. The van der Waals surface area contributed by atoms with Crippen molar-refractivity contribution in [3.63, 3.8) is 0 Å². The summed E-state index contributed by atoms with van der Waals surface area (Å²) in [6, 6.07) is 11.2. The molecule has 0 spiro atoms. The first-order valence-corrected chi connectivity index (χ1v) is 13.0. The predicted octanol–water partition coefficient (Wildman–Crippen LogP) is 5.83. The smallest absolute Gasteiger partial charge is 0.307 e. The van der Waals surface area contributed by atoms with E-state index in [4.69, 9.17) is 9.47 Å². The zero-order valence-corrected chi connectivity index (χ0v) is 22.5. The number of pyridine rings is 2. The molecule has 1 N–H and O–H groups in total. The van der Waals surface area contributed by atoms with E-state index in [1.165, 1.54) is 6.07 Å². The van der Waals surface area contributed by atoms with E-state index in [0.717, 1.165) is 37.2 Å². The Bertz CT molecular complexity index is 1260. The van der Waals surface area contributed by atoms with Crippen molar-refractivity contribution in [2.45, 2.75) is 59.7 Å². The SMILES string of the molecule is Cc1ncc(-c2cnc(OC(C)COCc3ccccc3)c(F)c2)c(N2CCC(C)(C)CC2)c1CC(=O)O. The zero-order chi connectivity index (χ0) is 27.3. The summed E-state index contributed by atoms with van der Waals surface area (Å²) in [5.74, 6) is -1.62. The fourth-order valence-electron chi connectivity index (χ4n) is 4.71. The van der Waals surface area contributed by atoms with Gasteiger partial charge in [-0.2, -0.15) is 0 Å². The van der Waals surface area contributed by atoms with Crippen molar-refractivity contribution in [3.05, 3.63) is 71.4 Å². The monoisotopic (exact) mass is 521 g/mol. The molecule has 3 aromatic rings. The highest BCUT2D eigenvalue weighted by Crippen LogP contribution is 2.40. The van der Waals surface area contributed by atoms with Gasteiger partial charge in [-0.25, -0.2) is 9.37 Å². The molecule has 1 unspecified atom stereocenters. The van der Waals surface area contributed by atoms with Crippen LogP contribution in [-0.4, -0.2) is 46.8 Å². The number of benzene rings is 1. The minimum atomic E-state index is -0.929. The van der Waals surface area contributed by atoms with E-state index < -0.39 is 17.9 Å². The van der Waals surface area contributed by atoms with Crippen LogP contribution in [0.5, 0.6) is 5.88 Å². The van der Waals surface area contributed by atoms with E-state index in [1.54, 1.807) is 19.3 Å². The van der Waals surface area contributed by atoms with Crippen LogP contribution in [0.2, 0.25) is 0 Å². The quantitative estimate of drug-likeness (QED) is 0.359. The number of hydrogen-bond donors (Lipinski definition) is 1. The van der Waals surface area contributed by atoms with Gasteiger partial charge in [0.1, 0.15) is 6.10 Å². The van der Waals surface area contributed by atoms with Crippen LogP contribution in [0.3, 0.4) is 0 Å². The molecule has 1 atom stereocenters. The number of piperidine rings is 1. The number of aromatic nitrogens is 2. The molecule has 0 bridgehead atoms. The fourth-order valence-corrected chi connectivity index (χ4v) is 4.71. The van der Waals surface area contributed by atoms with Gasteiger partial charge in [-0.3, -0.25) is 9.78 Å². The molecule has 3 heterocycles. The summed E-state index contributed by atoms with van der Waals surface area (Å²) in [4.78, 5) is 22.7. The van der Waals surface area contributed by atoms with Crippen LogP contribution in [0, 0.1) is 18.2 Å². The van der Waals surface area contributed by atoms with Gasteiger partial charge >= 0.3 is 5.97 Å². The number of carbonyl (C=O) groups is 1. The number of rotatable bonds is 10. The average Bonchev–Trinajstić information content (AvgIpc) is 2.87. The van der Waals surface area contributed by atoms with E-state index >= 15 is 4.39 Å². The lowest BCUT2D eigenvalue weighted by molar-refractivity contribution is -0.136. The first kappa shape index (κ1) is 27.5. The van der Waals surface area contributed by atoms with E-state index in [-0.39, 0.29) is 24.3 Å². The maximum absolute atomic E-state index is 15.2. The second kappa shape index (κ2) is 11.9. The number of hydrogen-bond acceptors (Lipinski definition) is 6. The minimum Gasteiger partial charge on any atom is -0.481 e. The van der Waals surface area contributed by atoms with Gasteiger partial charge in [0.15, 0.2) is 5.82 Å². The molecule has 2 aromatic heterocycles. The lowest BCUT2D eigenvalue weighted by atomic mass is 9.82. The maximum atomic E-state index is 15.2. The fraction of sp³-hybridized carbons (Fsp3) is 0.433. The van der Waals surface area contributed by atoms with Crippen molar-refractivity contribution in [2.24, 2.45) is 5.41 Å². The highest BCUT2D eigenvalue weighted by atomic mass is 19.1. The van der Waals surface area contributed by atoms with E-state index in [2.05, 4.69) is 28.7 Å². The van der Waals surface area contributed by atoms with Gasteiger partial charge in [-0.1, -0.05) is 44.2 Å². The van der Waals surface area contributed by atoms with E-state index in [1.807, 2.05) is 37.3 Å². The minimum absolute atomic E-state index is 0.100. The van der Waals surface area contributed by atoms with Gasteiger partial charge in [0, 0.05) is 47.9 Å². The first-order chi connectivity index (χ1) is 18.1. The molecule has 1 aromatic carbocycles. The number of ether oxygens (including phenoxy) is 2. The second-order valence-corrected chi connectivity index (χ2v) is 10.7. The van der Waals surface area contributed by atoms with Gasteiger partial charge in [0.2, 0.25) is 0 Å². The third kappa shape index (κ3) is 6.86. The number of anilines is 1. The third-order valence-corrected chi connectivity index (χ3v) is 7.02. The highest BCUT2D eigenvalue weighted by molar-refractivity contribution is 5.84. The number of aryl methyl sites for hydroxylation is 1. The number of nitrogens with zero attached hydrogens (tertiary/aromatic N) is 3. The molecule has 1 saturated heterocycles. The van der Waals surface area contributed by atoms with Gasteiger partial charge in [0.05, 0.1) is 25.3 Å². The second-order valence-electron chi connectivity index (χ2n) is 10.7. The van der Waals surface area contributed by atoms with Gasteiger partial charge in [0.25, 0.3) is 5.88 Å². The van der Waals surface area contributed by atoms with Crippen LogP contribution in [0.4, 0.5) is 10.1 Å².